The molecular formula is C16H24F2N2O. The van der Waals surface area contributed by atoms with Gasteiger partial charge in [-0.2, -0.15) is 0 Å². The highest BCUT2D eigenvalue weighted by molar-refractivity contribution is 5.22. The van der Waals surface area contributed by atoms with Crippen LogP contribution in [0.4, 0.5) is 8.78 Å². The van der Waals surface area contributed by atoms with Crippen LogP contribution in [0.15, 0.2) is 18.2 Å². The predicted molar refractivity (Wildman–Crippen MR) is 79.0 cm³/mol. The molecule has 1 aromatic carbocycles. The Balaban J connectivity index is 1.88. The van der Waals surface area contributed by atoms with Crippen molar-refractivity contribution in [1.82, 2.24) is 4.90 Å². The molecule has 1 heterocycles. The Morgan fingerprint density at radius 3 is 2.71 bits per heavy atom. The van der Waals surface area contributed by atoms with Crippen LogP contribution in [-0.2, 0) is 4.74 Å². The van der Waals surface area contributed by atoms with E-state index in [-0.39, 0.29) is 12.1 Å². The molecule has 0 amide bonds. The second-order valence-electron chi connectivity index (χ2n) is 5.57. The molecule has 0 bridgehead atoms. The minimum Gasteiger partial charge on any atom is -0.378 e. The van der Waals surface area contributed by atoms with Gasteiger partial charge in [-0.05, 0) is 38.8 Å². The van der Waals surface area contributed by atoms with E-state index in [4.69, 9.17) is 10.5 Å². The van der Waals surface area contributed by atoms with Crippen molar-refractivity contribution in [3.63, 3.8) is 0 Å². The second-order valence-corrected chi connectivity index (χ2v) is 5.57. The SMILES string of the molecule is CC(c1cccc(F)c1F)N1CCC(OCCCN)CC1. The molecule has 0 radical (unpaired) electrons. The molecule has 1 atom stereocenters. The second kappa shape index (κ2) is 7.82. The van der Waals surface area contributed by atoms with Gasteiger partial charge in [0.2, 0.25) is 0 Å². The van der Waals surface area contributed by atoms with Crippen LogP contribution in [-0.4, -0.2) is 37.2 Å². The van der Waals surface area contributed by atoms with Gasteiger partial charge < -0.3 is 10.5 Å². The monoisotopic (exact) mass is 298 g/mol. The summed E-state index contributed by atoms with van der Waals surface area (Å²) in [5.74, 6) is -1.51. The molecule has 0 aromatic heterocycles. The summed E-state index contributed by atoms with van der Waals surface area (Å²) >= 11 is 0. The van der Waals surface area contributed by atoms with Crippen molar-refractivity contribution in [1.29, 1.82) is 0 Å². The highest BCUT2D eigenvalue weighted by Crippen LogP contribution is 2.27. The van der Waals surface area contributed by atoms with Gasteiger partial charge in [-0.15, -0.1) is 0 Å². The van der Waals surface area contributed by atoms with Crippen molar-refractivity contribution in [3.05, 3.63) is 35.4 Å². The van der Waals surface area contributed by atoms with E-state index in [2.05, 4.69) is 4.90 Å². The lowest BCUT2D eigenvalue weighted by Crippen LogP contribution is -2.39. The molecule has 1 aromatic rings. The third kappa shape index (κ3) is 4.22. The van der Waals surface area contributed by atoms with Gasteiger partial charge in [-0.1, -0.05) is 12.1 Å². The van der Waals surface area contributed by atoms with Crippen molar-refractivity contribution in [2.75, 3.05) is 26.2 Å². The van der Waals surface area contributed by atoms with E-state index in [0.29, 0.717) is 18.7 Å². The number of hydrogen-bond donors (Lipinski definition) is 1. The number of halogens is 2. The van der Waals surface area contributed by atoms with Gasteiger partial charge in [0.05, 0.1) is 6.10 Å². The molecule has 0 saturated carbocycles. The predicted octanol–water partition coefficient (Wildman–Crippen LogP) is 2.86. The van der Waals surface area contributed by atoms with Crippen molar-refractivity contribution >= 4 is 0 Å². The Labute approximate surface area is 125 Å². The van der Waals surface area contributed by atoms with Crippen LogP contribution < -0.4 is 5.73 Å². The van der Waals surface area contributed by atoms with Crippen LogP contribution in [0.3, 0.4) is 0 Å². The van der Waals surface area contributed by atoms with E-state index in [0.717, 1.165) is 38.4 Å². The Bertz CT molecular complexity index is 448. The molecule has 3 nitrogen and oxygen atoms in total. The lowest BCUT2D eigenvalue weighted by atomic mass is 10.0. The fourth-order valence-corrected chi connectivity index (χ4v) is 2.80. The third-order valence-electron chi connectivity index (χ3n) is 4.16. The first-order valence-corrected chi connectivity index (χ1v) is 7.63. The summed E-state index contributed by atoms with van der Waals surface area (Å²) in [6, 6.07) is 4.26. The molecule has 2 rings (SSSR count). The summed E-state index contributed by atoms with van der Waals surface area (Å²) < 4.78 is 32.9. The zero-order valence-corrected chi connectivity index (χ0v) is 12.5. The zero-order valence-electron chi connectivity index (χ0n) is 12.5. The highest BCUT2D eigenvalue weighted by Gasteiger charge is 2.26. The summed E-state index contributed by atoms with van der Waals surface area (Å²) in [7, 11) is 0. The fourth-order valence-electron chi connectivity index (χ4n) is 2.80. The average Bonchev–Trinajstić information content (AvgIpc) is 2.50. The van der Waals surface area contributed by atoms with E-state index >= 15 is 0 Å². The summed E-state index contributed by atoms with van der Waals surface area (Å²) in [4.78, 5) is 2.18. The van der Waals surface area contributed by atoms with E-state index < -0.39 is 11.6 Å². The van der Waals surface area contributed by atoms with Crippen molar-refractivity contribution < 1.29 is 13.5 Å². The number of nitrogens with zero attached hydrogens (tertiary/aromatic N) is 1. The van der Waals surface area contributed by atoms with Crippen LogP contribution in [0.1, 0.15) is 37.8 Å². The fraction of sp³-hybridized carbons (Fsp3) is 0.625. The van der Waals surface area contributed by atoms with Gasteiger partial charge in [0.1, 0.15) is 0 Å². The van der Waals surface area contributed by atoms with Gasteiger partial charge >= 0.3 is 0 Å². The number of piperidine rings is 1. The normalized spacial score (nSPS) is 18.9. The molecule has 0 spiro atoms. The Hall–Kier alpha value is -1.04. The Kier molecular flexibility index (Phi) is 6.08. The van der Waals surface area contributed by atoms with Gasteiger partial charge in [0, 0.05) is 31.3 Å². The summed E-state index contributed by atoms with van der Waals surface area (Å²) in [5.41, 5.74) is 5.87. The maximum atomic E-state index is 13.9. The smallest absolute Gasteiger partial charge is 0.163 e. The van der Waals surface area contributed by atoms with Crippen molar-refractivity contribution in [2.24, 2.45) is 5.73 Å². The van der Waals surface area contributed by atoms with Crippen molar-refractivity contribution in [3.8, 4) is 0 Å². The first-order chi connectivity index (χ1) is 10.1. The topological polar surface area (TPSA) is 38.5 Å². The van der Waals surface area contributed by atoms with Crippen LogP contribution >= 0.6 is 0 Å². The molecule has 21 heavy (non-hydrogen) atoms. The molecular weight excluding hydrogens is 274 g/mol. The number of nitrogens with two attached hydrogens (primary N) is 1. The van der Waals surface area contributed by atoms with E-state index in [9.17, 15) is 8.78 Å². The van der Waals surface area contributed by atoms with Crippen LogP contribution in [0.5, 0.6) is 0 Å². The standard InChI is InChI=1S/C16H24F2N2O/c1-12(14-4-2-5-15(17)16(14)18)20-9-6-13(7-10-20)21-11-3-8-19/h2,4-5,12-13H,3,6-11,19H2,1H3. The van der Waals surface area contributed by atoms with Crippen LogP contribution in [0.2, 0.25) is 0 Å². The lowest BCUT2D eigenvalue weighted by molar-refractivity contribution is -0.00108. The maximum absolute atomic E-state index is 13.9. The maximum Gasteiger partial charge on any atom is 0.163 e. The molecule has 2 N–H and O–H groups in total. The molecule has 1 aliphatic rings. The number of rotatable bonds is 6. The molecule has 1 saturated heterocycles. The Morgan fingerprint density at radius 2 is 2.05 bits per heavy atom. The van der Waals surface area contributed by atoms with E-state index in [1.165, 1.54) is 0 Å². The lowest BCUT2D eigenvalue weighted by Gasteiger charge is -2.36. The molecule has 118 valence electrons. The van der Waals surface area contributed by atoms with Gasteiger partial charge in [0.25, 0.3) is 0 Å². The number of hydrogen-bond acceptors (Lipinski definition) is 3. The number of likely N-dealkylation sites (tertiary alicyclic amines) is 1. The molecule has 1 aliphatic heterocycles. The highest BCUT2D eigenvalue weighted by atomic mass is 19.2. The van der Waals surface area contributed by atoms with E-state index in [1.54, 1.807) is 12.1 Å². The summed E-state index contributed by atoms with van der Waals surface area (Å²) in [6.45, 7) is 4.95. The minimum absolute atomic E-state index is 0.120. The summed E-state index contributed by atoms with van der Waals surface area (Å²) in [5, 5.41) is 0. The molecule has 1 fully saturated rings. The quantitative estimate of drug-likeness (QED) is 0.821. The summed E-state index contributed by atoms with van der Waals surface area (Å²) in [6.07, 6.45) is 2.99. The van der Waals surface area contributed by atoms with Crippen molar-refractivity contribution in [2.45, 2.75) is 38.3 Å². The first-order valence-electron chi connectivity index (χ1n) is 7.63. The minimum atomic E-state index is -0.778. The number of benzene rings is 1. The van der Waals surface area contributed by atoms with Gasteiger partial charge in [-0.3, -0.25) is 4.90 Å². The Morgan fingerprint density at radius 1 is 1.33 bits per heavy atom. The molecule has 0 aliphatic carbocycles. The number of ether oxygens (including phenoxy) is 1. The molecule has 1 unspecified atom stereocenters. The van der Waals surface area contributed by atoms with Gasteiger partial charge in [-0.25, -0.2) is 8.78 Å². The average molecular weight is 298 g/mol. The van der Waals surface area contributed by atoms with Crippen LogP contribution in [0, 0.1) is 11.6 Å². The van der Waals surface area contributed by atoms with E-state index in [1.807, 2.05) is 6.92 Å². The van der Waals surface area contributed by atoms with Crippen LogP contribution in [0.25, 0.3) is 0 Å². The third-order valence-corrected chi connectivity index (χ3v) is 4.16. The first kappa shape index (κ1) is 16.3. The largest absolute Gasteiger partial charge is 0.378 e. The molecule has 5 heteroatoms. The van der Waals surface area contributed by atoms with Gasteiger partial charge in [0.15, 0.2) is 11.6 Å². The zero-order chi connectivity index (χ0) is 15.2.